The monoisotopic (exact) mass is 253 g/mol. The molecule has 0 aliphatic carbocycles. The second kappa shape index (κ2) is 5.67. The van der Waals surface area contributed by atoms with Crippen molar-refractivity contribution >= 4 is 5.69 Å². The van der Waals surface area contributed by atoms with Gasteiger partial charge in [0.05, 0.1) is 17.9 Å². The van der Waals surface area contributed by atoms with Crippen LogP contribution in [-0.2, 0) is 4.74 Å². The predicted molar refractivity (Wildman–Crippen MR) is 69.3 cm³/mol. The Balaban J connectivity index is 2.19. The molecule has 1 saturated heterocycles. The average molecular weight is 253 g/mol. The maximum atomic E-state index is 13.9. The van der Waals surface area contributed by atoms with E-state index in [1.165, 1.54) is 6.07 Å². The number of anilines is 1. The number of aliphatic hydroxyl groups is 1. The van der Waals surface area contributed by atoms with E-state index in [1.807, 2.05) is 11.9 Å². The fourth-order valence-electron chi connectivity index (χ4n) is 2.46. The SMILES string of the molecule is C[C@@H](O)c1cccc(F)c1N(C)CC1CCCO1. The molecular formula is C14H20FNO2. The molecule has 1 aromatic rings. The van der Waals surface area contributed by atoms with Crippen LogP contribution in [0.5, 0.6) is 0 Å². The highest BCUT2D eigenvalue weighted by atomic mass is 19.1. The first-order valence-electron chi connectivity index (χ1n) is 6.39. The summed E-state index contributed by atoms with van der Waals surface area (Å²) >= 11 is 0. The first-order chi connectivity index (χ1) is 8.59. The van der Waals surface area contributed by atoms with Gasteiger partial charge < -0.3 is 14.7 Å². The van der Waals surface area contributed by atoms with Gasteiger partial charge in [-0.1, -0.05) is 12.1 Å². The van der Waals surface area contributed by atoms with Crippen molar-refractivity contribution in [3.05, 3.63) is 29.6 Å². The first-order valence-corrected chi connectivity index (χ1v) is 6.39. The smallest absolute Gasteiger partial charge is 0.146 e. The number of halogens is 1. The molecule has 3 nitrogen and oxygen atoms in total. The molecule has 0 bridgehead atoms. The van der Waals surface area contributed by atoms with Gasteiger partial charge >= 0.3 is 0 Å². The molecule has 0 aromatic heterocycles. The van der Waals surface area contributed by atoms with Crippen molar-refractivity contribution in [2.45, 2.75) is 32.0 Å². The van der Waals surface area contributed by atoms with E-state index in [-0.39, 0.29) is 11.9 Å². The number of likely N-dealkylation sites (N-methyl/N-ethyl adjacent to an activating group) is 1. The lowest BCUT2D eigenvalue weighted by Crippen LogP contribution is -2.30. The maximum absolute atomic E-state index is 13.9. The van der Waals surface area contributed by atoms with Crippen molar-refractivity contribution in [3.63, 3.8) is 0 Å². The Morgan fingerprint density at radius 2 is 2.33 bits per heavy atom. The molecule has 1 N–H and O–H groups in total. The molecule has 4 heteroatoms. The van der Waals surface area contributed by atoms with Gasteiger partial charge in [-0.15, -0.1) is 0 Å². The lowest BCUT2D eigenvalue weighted by molar-refractivity contribution is 0.116. The molecule has 0 spiro atoms. The van der Waals surface area contributed by atoms with Crippen LogP contribution < -0.4 is 4.90 Å². The Morgan fingerprint density at radius 1 is 1.56 bits per heavy atom. The van der Waals surface area contributed by atoms with Crippen LogP contribution >= 0.6 is 0 Å². The third-order valence-corrected chi connectivity index (χ3v) is 3.35. The molecule has 1 aliphatic heterocycles. The summed E-state index contributed by atoms with van der Waals surface area (Å²) in [6.45, 7) is 3.10. The number of rotatable bonds is 4. The van der Waals surface area contributed by atoms with Gasteiger partial charge in [0.25, 0.3) is 0 Å². The molecule has 1 aromatic carbocycles. The Bertz CT molecular complexity index is 403. The van der Waals surface area contributed by atoms with Gasteiger partial charge in [0.1, 0.15) is 5.82 Å². The molecule has 0 amide bonds. The molecule has 1 unspecified atom stereocenters. The molecular weight excluding hydrogens is 233 g/mol. The number of hydrogen-bond acceptors (Lipinski definition) is 3. The fraction of sp³-hybridized carbons (Fsp3) is 0.571. The van der Waals surface area contributed by atoms with Crippen LogP contribution in [0.4, 0.5) is 10.1 Å². The molecule has 18 heavy (non-hydrogen) atoms. The van der Waals surface area contributed by atoms with E-state index >= 15 is 0 Å². The second-order valence-corrected chi connectivity index (χ2v) is 4.87. The van der Waals surface area contributed by atoms with Crippen molar-refractivity contribution in [3.8, 4) is 0 Å². The van der Waals surface area contributed by atoms with Crippen molar-refractivity contribution in [1.29, 1.82) is 0 Å². The van der Waals surface area contributed by atoms with Crippen molar-refractivity contribution in [1.82, 2.24) is 0 Å². The third kappa shape index (κ3) is 2.82. The van der Waals surface area contributed by atoms with Crippen LogP contribution in [0, 0.1) is 5.82 Å². The fourth-order valence-corrected chi connectivity index (χ4v) is 2.46. The molecule has 2 rings (SSSR count). The summed E-state index contributed by atoms with van der Waals surface area (Å²) in [5.41, 5.74) is 1.10. The van der Waals surface area contributed by atoms with E-state index in [0.29, 0.717) is 17.8 Å². The highest BCUT2D eigenvalue weighted by Crippen LogP contribution is 2.29. The van der Waals surface area contributed by atoms with Crippen LogP contribution in [0.2, 0.25) is 0 Å². The van der Waals surface area contributed by atoms with E-state index < -0.39 is 6.10 Å². The van der Waals surface area contributed by atoms with Crippen LogP contribution in [0.15, 0.2) is 18.2 Å². The summed E-state index contributed by atoms with van der Waals surface area (Å²) in [5.74, 6) is -0.297. The number of aliphatic hydroxyl groups excluding tert-OH is 1. The van der Waals surface area contributed by atoms with Crippen LogP contribution in [0.1, 0.15) is 31.4 Å². The summed E-state index contributed by atoms with van der Waals surface area (Å²) in [5, 5.41) is 9.71. The topological polar surface area (TPSA) is 32.7 Å². The van der Waals surface area contributed by atoms with Crippen LogP contribution in [-0.4, -0.2) is 31.4 Å². The zero-order valence-corrected chi connectivity index (χ0v) is 10.9. The van der Waals surface area contributed by atoms with Gasteiger partial charge in [0.15, 0.2) is 0 Å². The number of para-hydroxylation sites is 1. The lowest BCUT2D eigenvalue weighted by atomic mass is 10.1. The van der Waals surface area contributed by atoms with Gasteiger partial charge in [0, 0.05) is 25.8 Å². The highest BCUT2D eigenvalue weighted by molar-refractivity contribution is 5.55. The standard InChI is InChI=1S/C14H20FNO2/c1-10(17)12-6-3-7-13(15)14(12)16(2)9-11-5-4-8-18-11/h3,6-7,10-11,17H,4-5,8-9H2,1-2H3/t10-,11?/m1/s1. The number of benzene rings is 1. The number of ether oxygens (including phenoxy) is 1. The van der Waals surface area contributed by atoms with Gasteiger partial charge in [-0.05, 0) is 25.8 Å². The van der Waals surface area contributed by atoms with E-state index in [1.54, 1.807) is 19.1 Å². The Labute approximate surface area is 107 Å². The number of nitrogens with zero attached hydrogens (tertiary/aromatic N) is 1. The lowest BCUT2D eigenvalue weighted by Gasteiger charge is -2.26. The van der Waals surface area contributed by atoms with Crippen LogP contribution in [0.3, 0.4) is 0 Å². The van der Waals surface area contributed by atoms with Crippen molar-refractivity contribution in [2.24, 2.45) is 0 Å². The van der Waals surface area contributed by atoms with E-state index in [0.717, 1.165) is 19.4 Å². The quantitative estimate of drug-likeness (QED) is 0.895. The van der Waals surface area contributed by atoms with Gasteiger partial charge in [-0.2, -0.15) is 0 Å². The van der Waals surface area contributed by atoms with Crippen molar-refractivity contribution in [2.75, 3.05) is 25.1 Å². The Morgan fingerprint density at radius 3 is 2.94 bits per heavy atom. The van der Waals surface area contributed by atoms with Crippen LogP contribution in [0.25, 0.3) is 0 Å². The summed E-state index contributed by atoms with van der Waals surface area (Å²) in [4.78, 5) is 1.84. The average Bonchev–Trinajstić information content (AvgIpc) is 2.81. The minimum atomic E-state index is -0.678. The molecule has 1 aliphatic rings. The molecule has 1 heterocycles. The van der Waals surface area contributed by atoms with E-state index in [4.69, 9.17) is 4.74 Å². The summed E-state index contributed by atoms with van der Waals surface area (Å²) in [6, 6.07) is 4.81. The maximum Gasteiger partial charge on any atom is 0.146 e. The summed E-state index contributed by atoms with van der Waals surface area (Å²) in [7, 11) is 1.84. The zero-order valence-electron chi connectivity index (χ0n) is 10.9. The van der Waals surface area contributed by atoms with Crippen molar-refractivity contribution < 1.29 is 14.2 Å². The first kappa shape index (κ1) is 13.3. The second-order valence-electron chi connectivity index (χ2n) is 4.87. The number of hydrogen-bond donors (Lipinski definition) is 1. The highest BCUT2D eigenvalue weighted by Gasteiger charge is 2.21. The Hall–Kier alpha value is -1.13. The molecule has 2 atom stereocenters. The molecule has 0 saturated carbocycles. The summed E-state index contributed by atoms with van der Waals surface area (Å²) < 4.78 is 19.5. The molecule has 1 fully saturated rings. The largest absolute Gasteiger partial charge is 0.389 e. The predicted octanol–water partition coefficient (Wildman–Crippen LogP) is 2.49. The minimum absolute atomic E-state index is 0.163. The van der Waals surface area contributed by atoms with Gasteiger partial charge in [0.2, 0.25) is 0 Å². The van der Waals surface area contributed by atoms with Gasteiger partial charge in [-0.3, -0.25) is 0 Å². The van der Waals surface area contributed by atoms with E-state index in [9.17, 15) is 9.50 Å². The normalized spacial score (nSPS) is 21.0. The Kier molecular flexibility index (Phi) is 4.19. The van der Waals surface area contributed by atoms with E-state index in [2.05, 4.69) is 0 Å². The molecule has 100 valence electrons. The molecule has 0 radical (unpaired) electrons. The van der Waals surface area contributed by atoms with Gasteiger partial charge in [-0.25, -0.2) is 4.39 Å². The third-order valence-electron chi connectivity index (χ3n) is 3.35. The summed E-state index contributed by atoms with van der Waals surface area (Å²) in [6.07, 6.45) is 1.57. The zero-order chi connectivity index (χ0) is 13.1. The minimum Gasteiger partial charge on any atom is -0.389 e.